The van der Waals surface area contributed by atoms with Crippen LogP contribution in [0.5, 0.6) is 0 Å². The molecule has 1 heterocycles. The van der Waals surface area contributed by atoms with E-state index >= 15 is 0 Å². The van der Waals surface area contributed by atoms with E-state index in [0.29, 0.717) is 25.0 Å². The molecule has 3 rings (SSSR count). The lowest BCUT2D eigenvalue weighted by molar-refractivity contribution is -0.126. The Morgan fingerprint density at radius 1 is 1.30 bits per heavy atom. The summed E-state index contributed by atoms with van der Waals surface area (Å²) in [6.45, 7) is 3.51. The quantitative estimate of drug-likeness (QED) is 0.509. The molecule has 0 aromatic heterocycles. The van der Waals surface area contributed by atoms with Gasteiger partial charge >= 0.3 is 0 Å². The van der Waals surface area contributed by atoms with E-state index in [1.54, 1.807) is 0 Å². The Hall–Kier alpha value is -0.830. The predicted molar refractivity (Wildman–Crippen MR) is 102 cm³/mol. The minimum absolute atomic E-state index is 0.336. The molecule has 0 saturated carbocycles. The van der Waals surface area contributed by atoms with Crippen LogP contribution in [-0.2, 0) is 9.47 Å². The molecule has 23 heavy (non-hydrogen) atoms. The molecule has 1 aromatic rings. The molecule has 0 amide bonds. The zero-order valence-corrected chi connectivity index (χ0v) is 15.7. The Morgan fingerprint density at radius 3 is 2.65 bits per heavy atom. The Morgan fingerprint density at radius 2 is 2.00 bits per heavy atom. The summed E-state index contributed by atoms with van der Waals surface area (Å²) in [7, 11) is 0. The summed E-state index contributed by atoms with van der Waals surface area (Å²) in [5, 5.41) is 0. The first-order chi connectivity index (χ1) is 11.1. The van der Waals surface area contributed by atoms with Crippen LogP contribution in [0.1, 0.15) is 38.2 Å². The smallest absolute Gasteiger partial charge is 0.188 e. The van der Waals surface area contributed by atoms with Gasteiger partial charge in [0.2, 0.25) is 0 Å². The fraction of sp³-hybridized carbons (Fsp3) is 0.500. The molecule has 1 aliphatic carbocycles. The molecule has 0 N–H and O–H groups in total. The minimum atomic E-state index is -0.493. The van der Waals surface area contributed by atoms with Crippen molar-refractivity contribution >= 4 is 28.2 Å². The van der Waals surface area contributed by atoms with Crippen molar-refractivity contribution in [3.8, 4) is 12.3 Å². The first-order valence-corrected chi connectivity index (χ1v) is 9.42. The molecule has 2 unspecified atom stereocenters. The molecule has 2 aliphatic rings. The Kier molecular flexibility index (Phi) is 5.45. The third kappa shape index (κ3) is 3.99. The van der Waals surface area contributed by atoms with Crippen molar-refractivity contribution in [1.82, 2.24) is 0 Å². The summed E-state index contributed by atoms with van der Waals surface area (Å²) in [5.74, 6) is 3.22. The second-order valence-corrected chi connectivity index (χ2v) is 7.74. The summed E-state index contributed by atoms with van der Waals surface area (Å²) >= 11 is 2.34. The third-order valence-corrected chi connectivity index (χ3v) is 5.56. The van der Waals surface area contributed by atoms with Gasteiger partial charge in [0, 0.05) is 15.9 Å². The van der Waals surface area contributed by atoms with Crippen molar-refractivity contribution in [2.75, 3.05) is 13.2 Å². The van der Waals surface area contributed by atoms with Gasteiger partial charge in [0.25, 0.3) is 0 Å². The number of allylic oxidation sites excluding steroid dienone is 1. The average molecular weight is 422 g/mol. The first-order valence-electron chi connectivity index (χ1n) is 8.34. The second kappa shape index (κ2) is 7.38. The van der Waals surface area contributed by atoms with Gasteiger partial charge in [-0.15, -0.1) is 12.3 Å². The molecule has 3 heteroatoms. The lowest BCUT2D eigenvalue weighted by atomic mass is 9.78. The lowest BCUT2D eigenvalue weighted by Gasteiger charge is -2.35. The maximum atomic E-state index is 5.92. The topological polar surface area (TPSA) is 18.5 Å². The molecular formula is C20H23IO2. The van der Waals surface area contributed by atoms with Crippen LogP contribution in [0, 0.1) is 27.7 Å². The van der Waals surface area contributed by atoms with Crippen molar-refractivity contribution < 1.29 is 9.47 Å². The highest BCUT2D eigenvalue weighted by atomic mass is 127. The molecular weight excluding hydrogens is 399 g/mol. The number of hydrogen-bond acceptors (Lipinski definition) is 2. The molecule has 1 aromatic carbocycles. The largest absolute Gasteiger partial charge is 0.344 e. The van der Waals surface area contributed by atoms with Gasteiger partial charge in [-0.3, -0.25) is 0 Å². The highest BCUT2D eigenvalue weighted by Crippen LogP contribution is 2.43. The normalized spacial score (nSPS) is 24.2. The van der Waals surface area contributed by atoms with Gasteiger partial charge in [-0.05, 0) is 77.1 Å². The molecule has 0 radical (unpaired) electrons. The molecule has 0 bridgehead atoms. The fourth-order valence-electron chi connectivity index (χ4n) is 3.45. The number of ether oxygens (including phenoxy) is 2. The lowest BCUT2D eigenvalue weighted by Crippen LogP contribution is -2.33. The standard InChI is InChI=1S/C20H23IO2/c1-3-15(2)4-5-17-10-11-20(22-12-13-23-20)14-19(17)16-6-8-18(21)9-7-16/h1,6-9,14-15,17H,4-5,10-13H2,2H3. The van der Waals surface area contributed by atoms with Crippen LogP contribution in [-0.4, -0.2) is 19.0 Å². The van der Waals surface area contributed by atoms with Crippen LogP contribution in [0.4, 0.5) is 0 Å². The molecule has 2 atom stereocenters. The summed E-state index contributed by atoms with van der Waals surface area (Å²) in [4.78, 5) is 0. The van der Waals surface area contributed by atoms with Crippen molar-refractivity contribution in [1.29, 1.82) is 0 Å². The number of halogens is 1. The van der Waals surface area contributed by atoms with E-state index < -0.39 is 5.79 Å². The minimum Gasteiger partial charge on any atom is -0.344 e. The van der Waals surface area contributed by atoms with Crippen LogP contribution in [0.25, 0.3) is 5.57 Å². The second-order valence-electron chi connectivity index (χ2n) is 6.50. The van der Waals surface area contributed by atoms with Crippen molar-refractivity contribution in [3.63, 3.8) is 0 Å². The number of benzene rings is 1. The molecule has 1 saturated heterocycles. The van der Waals surface area contributed by atoms with Gasteiger partial charge in [-0.1, -0.05) is 19.1 Å². The van der Waals surface area contributed by atoms with Gasteiger partial charge in [0.15, 0.2) is 5.79 Å². The Balaban J connectivity index is 1.87. The Labute approximate surface area is 152 Å². The van der Waals surface area contributed by atoms with Gasteiger partial charge < -0.3 is 9.47 Å². The first kappa shape index (κ1) is 17.0. The SMILES string of the molecule is C#CC(C)CCC1CCC2(C=C1c1ccc(I)cc1)OCCO2. The van der Waals surface area contributed by atoms with Crippen molar-refractivity contribution in [2.45, 2.75) is 38.4 Å². The molecule has 122 valence electrons. The Bertz CT molecular complexity index is 606. The zero-order chi connectivity index (χ0) is 16.3. The van der Waals surface area contributed by atoms with Gasteiger partial charge in [-0.2, -0.15) is 0 Å². The van der Waals surface area contributed by atoms with E-state index in [4.69, 9.17) is 15.9 Å². The van der Waals surface area contributed by atoms with Crippen molar-refractivity contribution in [2.24, 2.45) is 11.8 Å². The number of hydrogen-bond donors (Lipinski definition) is 0. The summed E-state index contributed by atoms with van der Waals surface area (Å²) in [6, 6.07) is 8.74. The van der Waals surface area contributed by atoms with Gasteiger partial charge in [0.05, 0.1) is 13.2 Å². The van der Waals surface area contributed by atoms with E-state index in [1.165, 1.54) is 14.7 Å². The van der Waals surface area contributed by atoms with E-state index in [0.717, 1.165) is 25.7 Å². The van der Waals surface area contributed by atoms with Crippen LogP contribution in [0.3, 0.4) is 0 Å². The van der Waals surface area contributed by atoms with Gasteiger partial charge in [-0.25, -0.2) is 0 Å². The zero-order valence-electron chi connectivity index (χ0n) is 13.6. The van der Waals surface area contributed by atoms with Crippen LogP contribution >= 0.6 is 22.6 Å². The molecule has 1 spiro atoms. The highest BCUT2D eigenvalue weighted by molar-refractivity contribution is 14.1. The average Bonchev–Trinajstić information content (AvgIpc) is 3.02. The number of rotatable bonds is 4. The van der Waals surface area contributed by atoms with Crippen LogP contribution in [0.2, 0.25) is 0 Å². The molecule has 2 nitrogen and oxygen atoms in total. The van der Waals surface area contributed by atoms with E-state index in [1.807, 2.05) is 0 Å². The maximum absolute atomic E-state index is 5.92. The van der Waals surface area contributed by atoms with Gasteiger partial charge in [0.1, 0.15) is 0 Å². The van der Waals surface area contributed by atoms with Crippen molar-refractivity contribution in [3.05, 3.63) is 39.5 Å². The predicted octanol–water partition coefficient (Wildman–Crippen LogP) is 4.88. The monoisotopic (exact) mass is 422 g/mol. The van der Waals surface area contributed by atoms with Crippen LogP contribution in [0.15, 0.2) is 30.3 Å². The molecule has 1 fully saturated rings. The fourth-order valence-corrected chi connectivity index (χ4v) is 3.81. The summed E-state index contributed by atoms with van der Waals surface area (Å²) < 4.78 is 13.1. The maximum Gasteiger partial charge on any atom is 0.188 e. The number of terminal acetylenes is 1. The highest BCUT2D eigenvalue weighted by Gasteiger charge is 2.39. The van der Waals surface area contributed by atoms with E-state index in [9.17, 15) is 0 Å². The molecule has 1 aliphatic heterocycles. The third-order valence-electron chi connectivity index (χ3n) is 4.84. The van der Waals surface area contributed by atoms with Crippen LogP contribution < -0.4 is 0 Å². The van der Waals surface area contributed by atoms with E-state index in [2.05, 4.69) is 65.8 Å². The van der Waals surface area contributed by atoms with E-state index in [-0.39, 0.29) is 0 Å². The summed E-state index contributed by atoms with van der Waals surface area (Å²) in [6.07, 6.45) is 12.0. The summed E-state index contributed by atoms with van der Waals surface area (Å²) in [5.41, 5.74) is 2.64.